The van der Waals surface area contributed by atoms with E-state index in [-0.39, 0.29) is 0 Å². The Bertz CT molecular complexity index is 338. The number of nitrogens with one attached hydrogen (secondary N) is 1. The normalized spacial score (nSPS) is 10.8. The van der Waals surface area contributed by atoms with Crippen LogP contribution < -0.4 is 10.1 Å². The van der Waals surface area contributed by atoms with Gasteiger partial charge in [0.15, 0.2) is 0 Å². The Hall–Kier alpha value is -1.06. The molecule has 0 radical (unpaired) electrons. The van der Waals surface area contributed by atoms with Crippen LogP contribution in [0.2, 0.25) is 0 Å². The van der Waals surface area contributed by atoms with E-state index in [0.717, 1.165) is 51.5 Å². The molecule has 0 amide bonds. The lowest BCUT2D eigenvalue weighted by molar-refractivity contribution is 0.143. The van der Waals surface area contributed by atoms with Crippen molar-refractivity contribution in [1.82, 2.24) is 5.32 Å². The van der Waals surface area contributed by atoms with Gasteiger partial charge in [-0.3, -0.25) is 0 Å². The van der Waals surface area contributed by atoms with Crippen LogP contribution in [0.1, 0.15) is 45.1 Å². The molecule has 1 rings (SSSR count). The van der Waals surface area contributed by atoms with E-state index in [1.165, 1.54) is 24.8 Å². The third-order valence-electron chi connectivity index (χ3n) is 3.39. The van der Waals surface area contributed by atoms with Gasteiger partial charge >= 0.3 is 0 Å². The van der Waals surface area contributed by atoms with Gasteiger partial charge in [-0.1, -0.05) is 25.5 Å². The Kier molecular flexibility index (Phi) is 10.8. The molecular formula is C18H31NO2. The average molecular weight is 293 g/mol. The number of aryl methyl sites for hydroxylation is 1. The molecule has 3 nitrogen and oxygen atoms in total. The molecule has 0 saturated heterocycles. The van der Waals surface area contributed by atoms with Gasteiger partial charge in [0.1, 0.15) is 12.4 Å². The molecule has 0 saturated carbocycles. The Balaban J connectivity index is 1.99. The van der Waals surface area contributed by atoms with Crippen LogP contribution in [0, 0.1) is 0 Å². The molecule has 0 fully saturated rings. The lowest BCUT2D eigenvalue weighted by Gasteiger charge is -2.08. The Morgan fingerprint density at radius 3 is 2.43 bits per heavy atom. The molecule has 0 bridgehead atoms. The van der Waals surface area contributed by atoms with Crippen LogP contribution in [-0.4, -0.2) is 32.9 Å². The molecular weight excluding hydrogens is 262 g/mol. The van der Waals surface area contributed by atoms with Crippen molar-refractivity contribution >= 4 is 0 Å². The first-order valence-electron chi connectivity index (χ1n) is 8.37. The van der Waals surface area contributed by atoms with Gasteiger partial charge in [-0.05, 0) is 56.8 Å². The highest BCUT2D eigenvalue weighted by Crippen LogP contribution is 2.13. The van der Waals surface area contributed by atoms with Gasteiger partial charge in [-0.2, -0.15) is 0 Å². The van der Waals surface area contributed by atoms with Crippen LogP contribution in [0.15, 0.2) is 24.3 Å². The summed E-state index contributed by atoms with van der Waals surface area (Å²) in [5.41, 5.74) is 1.40. The maximum atomic E-state index is 5.72. The smallest absolute Gasteiger partial charge is 0.119 e. The monoisotopic (exact) mass is 293 g/mol. The molecule has 120 valence electrons. The Morgan fingerprint density at radius 1 is 0.905 bits per heavy atom. The largest absolute Gasteiger partial charge is 0.492 e. The van der Waals surface area contributed by atoms with Crippen molar-refractivity contribution in [3.8, 4) is 5.75 Å². The van der Waals surface area contributed by atoms with E-state index in [9.17, 15) is 0 Å². The molecule has 0 aliphatic heterocycles. The summed E-state index contributed by atoms with van der Waals surface area (Å²) in [7, 11) is 0. The zero-order valence-corrected chi connectivity index (χ0v) is 13.7. The number of unbranched alkanes of at least 4 members (excludes halogenated alkanes) is 2. The molecule has 1 aromatic rings. The van der Waals surface area contributed by atoms with Crippen molar-refractivity contribution in [3.05, 3.63) is 29.8 Å². The van der Waals surface area contributed by atoms with Gasteiger partial charge in [-0.15, -0.1) is 0 Å². The summed E-state index contributed by atoms with van der Waals surface area (Å²) in [6.07, 6.45) is 5.95. The van der Waals surface area contributed by atoms with Gasteiger partial charge in [0.2, 0.25) is 0 Å². The van der Waals surface area contributed by atoms with E-state index in [0.29, 0.717) is 0 Å². The number of hydrogen-bond acceptors (Lipinski definition) is 3. The summed E-state index contributed by atoms with van der Waals surface area (Å²) >= 11 is 0. The molecule has 0 aliphatic rings. The second-order valence-corrected chi connectivity index (χ2v) is 5.25. The maximum Gasteiger partial charge on any atom is 0.119 e. The molecule has 0 aliphatic carbocycles. The Labute approximate surface area is 130 Å². The molecule has 0 atom stereocenters. The first kappa shape index (κ1) is 18.0. The summed E-state index contributed by atoms with van der Waals surface area (Å²) < 4.78 is 11.0. The third-order valence-corrected chi connectivity index (χ3v) is 3.39. The van der Waals surface area contributed by atoms with Gasteiger partial charge in [-0.25, -0.2) is 0 Å². The minimum atomic E-state index is 0.722. The zero-order valence-electron chi connectivity index (χ0n) is 13.7. The van der Waals surface area contributed by atoms with E-state index >= 15 is 0 Å². The molecule has 1 aromatic carbocycles. The van der Waals surface area contributed by atoms with Gasteiger partial charge in [0.25, 0.3) is 0 Å². The molecule has 3 heteroatoms. The second kappa shape index (κ2) is 12.7. The van der Waals surface area contributed by atoms with Crippen LogP contribution in [0.5, 0.6) is 5.75 Å². The summed E-state index contributed by atoms with van der Waals surface area (Å²) in [6.45, 7) is 8.60. The van der Waals surface area contributed by atoms with E-state index in [2.05, 4.69) is 36.5 Å². The van der Waals surface area contributed by atoms with Crippen molar-refractivity contribution in [3.63, 3.8) is 0 Å². The van der Waals surface area contributed by atoms with Gasteiger partial charge < -0.3 is 14.8 Å². The first-order valence-corrected chi connectivity index (χ1v) is 8.37. The fourth-order valence-electron chi connectivity index (χ4n) is 2.10. The zero-order chi connectivity index (χ0) is 15.2. The summed E-state index contributed by atoms with van der Waals surface area (Å²) in [5, 5.41) is 3.39. The predicted molar refractivity (Wildman–Crippen MR) is 89.1 cm³/mol. The van der Waals surface area contributed by atoms with Crippen molar-refractivity contribution in [2.45, 2.75) is 46.0 Å². The molecule has 0 spiro atoms. The van der Waals surface area contributed by atoms with E-state index in [4.69, 9.17) is 9.47 Å². The molecule has 0 aromatic heterocycles. The fraction of sp³-hybridized carbons (Fsp3) is 0.667. The van der Waals surface area contributed by atoms with E-state index in [1.54, 1.807) is 0 Å². The quantitative estimate of drug-likeness (QED) is 0.561. The van der Waals surface area contributed by atoms with Gasteiger partial charge in [0.05, 0.1) is 0 Å². The number of rotatable bonds is 13. The molecule has 21 heavy (non-hydrogen) atoms. The lowest BCUT2D eigenvalue weighted by Crippen LogP contribution is -2.22. The number of hydrogen-bond donors (Lipinski definition) is 1. The van der Waals surface area contributed by atoms with Crippen molar-refractivity contribution in [2.75, 3.05) is 32.9 Å². The summed E-state index contributed by atoms with van der Waals surface area (Å²) in [5.74, 6) is 0.966. The third kappa shape index (κ3) is 9.48. The van der Waals surface area contributed by atoms with Crippen LogP contribution in [0.25, 0.3) is 0 Å². The number of benzene rings is 1. The van der Waals surface area contributed by atoms with Crippen molar-refractivity contribution in [1.29, 1.82) is 0 Å². The summed E-state index contributed by atoms with van der Waals surface area (Å²) in [6, 6.07) is 8.50. The minimum Gasteiger partial charge on any atom is -0.492 e. The number of ether oxygens (including phenoxy) is 2. The molecule has 0 heterocycles. The topological polar surface area (TPSA) is 30.5 Å². The van der Waals surface area contributed by atoms with Crippen LogP contribution >= 0.6 is 0 Å². The fourth-order valence-corrected chi connectivity index (χ4v) is 2.10. The van der Waals surface area contributed by atoms with Gasteiger partial charge in [0, 0.05) is 19.8 Å². The van der Waals surface area contributed by atoms with Crippen LogP contribution in [0.4, 0.5) is 0 Å². The highest BCUT2D eigenvalue weighted by atomic mass is 16.5. The predicted octanol–water partition coefficient (Wildman–Crippen LogP) is 3.81. The maximum absolute atomic E-state index is 5.72. The summed E-state index contributed by atoms with van der Waals surface area (Å²) in [4.78, 5) is 0. The van der Waals surface area contributed by atoms with E-state index in [1.807, 2.05) is 6.92 Å². The standard InChI is InChI=1S/C18H31NO2/c1-3-5-8-17-9-11-18(12-10-17)21-16-14-19-13-6-7-15-20-4-2/h9-12,19H,3-8,13-16H2,1-2H3. The van der Waals surface area contributed by atoms with Crippen molar-refractivity contribution < 1.29 is 9.47 Å². The SMILES string of the molecule is CCCCc1ccc(OCCNCCCCOCC)cc1. The minimum absolute atomic E-state index is 0.722. The van der Waals surface area contributed by atoms with E-state index < -0.39 is 0 Å². The van der Waals surface area contributed by atoms with Crippen molar-refractivity contribution in [2.24, 2.45) is 0 Å². The average Bonchev–Trinajstić information content (AvgIpc) is 2.52. The van der Waals surface area contributed by atoms with Crippen LogP contribution in [-0.2, 0) is 11.2 Å². The highest BCUT2D eigenvalue weighted by Gasteiger charge is 1.96. The lowest BCUT2D eigenvalue weighted by atomic mass is 10.1. The Morgan fingerprint density at radius 2 is 1.71 bits per heavy atom. The second-order valence-electron chi connectivity index (χ2n) is 5.25. The molecule has 1 N–H and O–H groups in total. The highest BCUT2D eigenvalue weighted by molar-refractivity contribution is 5.27. The first-order chi connectivity index (χ1) is 10.4. The van der Waals surface area contributed by atoms with Crippen LogP contribution in [0.3, 0.4) is 0 Å². The molecule has 0 unspecified atom stereocenters.